The molecule has 22 heavy (non-hydrogen) atoms. The van der Waals surface area contributed by atoms with Crippen LogP contribution in [0, 0.1) is 0 Å². The first-order chi connectivity index (χ1) is 10.2. The Bertz CT molecular complexity index is 443. The van der Waals surface area contributed by atoms with Crippen molar-refractivity contribution < 1.29 is 0 Å². The van der Waals surface area contributed by atoms with E-state index in [1.807, 2.05) is 30.0 Å². The topological polar surface area (TPSA) is 36.4 Å². The van der Waals surface area contributed by atoms with Gasteiger partial charge in [0.2, 0.25) is 0 Å². The molecule has 1 aromatic rings. The molecule has 0 aromatic heterocycles. The van der Waals surface area contributed by atoms with E-state index in [0.29, 0.717) is 0 Å². The quantitative estimate of drug-likeness (QED) is 0.258. The fraction of sp³-hybridized carbons (Fsp3) is 0.562. The molecule has 0 saturated heterocycles. The Morgan fingerprint density at radius 3 is 2.77 bits per heavy atom. The van der Waals surface area contributed by atoms with E-state index in [2.05, 4.69) is 41.8 Å². The predicted molar refractivity (Wildman–Crippen MR) is 112 cm³/mol. The van der Waals surface area contributed by atoms with Gasteiger partial charge in [-0.3, -0.25) is 4.99 Å². The Kier molecular flexibility index (Phi) is 13.2. The first-order valence-corrected chi connectivity index (χ1v) is 9.23. The van der Waals surface area contributed by atoms with Crippen LogP contribution in [0.5, 0.6) is 0 Å². The molecule has 0 bridgehead atoms. The van der Waals surface area contributed by atoms with E-state index in [0.717, 1.165) is 36.1 Å². The molecule has 2 N–H and O–H groups in total. The van der Waals surface area contributed by atoms with Crippen molar-refractivity contribution in [1.29, 1.82) is 0 Å². The zero-order valence-electron chi connectivity index (χ0n) is 13.6. The number of halogens is 2. The zero-order chi connectivity index (χ0) is 15.5. The maximum Gasteiger partial charge on any atom is 0.191 e. The summed E-state index contributed by atoms with van der Waals surface area (Å²) in [7, 11) is 0. The van der Waals surface area contributed by atoms with E-state index >= 15 is 0 Å². The van der Waals surface area contributed by atoms with Crippen LogP contribution >= 0.6 is 47.3 Å². The maximum atomic E-state index is 6.04. The highest BCUT2D eigenvalue weighted by atomic mass is 127. The van der Waals surface area contributed by atoms with Gasteiger partial charge in [-0.25, -0.2) is 0 Å². The molecule has 0 spiro atoms. The van der Waals surface area contributed by atoms with Gasteiger partial charge in [-0.1, -0.05) is 23.7 Å². The van der Waals surface area contributed by atoms with Crippen molar-refractivity contribution in [1.82, 2.24) is 10.6 Å². The lowest BCUT2D eigenvalue weighted by Gasteiger charge is -2.18. The van der Waals surface area contributed by atoms with Crippen molar-refractivity contribution in [3.8, 4) is 0 Å². The van der Waals surface area contributed by atoms with Gasteiger partial charge in [0.25, 0.3) is 0 Å². The van der Waals surface area contributed by atoms with Crippen LogP contribution in [0.25, 0.3) is 0 Å². The first-order valence-electron chi connectivity index (χ1n) is 7.46. The number of hydrogen-bond donors (Lipinski definition) is 2. The summed E-state index contributed by atoms with van der Waals surface area (Å²) in [5.74, 6) is 2.08. The predicted octanol–water partition coefficient (Wildman–Crippen LogP) is 4.72. The van der Waals surface area contributed by atoms with Crippen LogP contribution < -0.4 is 10.6 Å². The first kappa shape index (κ1) is 21.9. The standard InChI is InChI=1S/C16H26ClN3S.HI/c1-4-18-16(19-10-5-6-11-21-3)20-13(2)14-8-7-9-15(17)12-14;/h7-9,12-13H,4-6,10-11H2,1-3H3,(H2,18,19,20);1H. The van der Waals surface area contributed by atoms with Crippen LogP contribution in [0.3, 0.4) is 0 Å². The van der Waals surface area contributed by atoms with E-state index in [1.54, 1.807) is 0 Å². The normalized spacial score (nSPS) is 12.5. The van der Waals surface area contributed by atoms with E-state index in [-0.39, 0.29) is 30.0 Å². The van der Waals surface area contributed by atoms with Gasteiger partial charge in [-0.2, -0.15) is 11.8 Å². The lowest BCUT2D eigenvalue weighted by atomic mass is 10.1. The highest BCUT2D eigenvalue weighted by Gasteiger charge is 2.07. The van der Waals surface area contributed by atoms with E-state index in [9.17, 15) is 0 Å². The van der Waals surface area contributed by atoms with Gasteiger partial charge in [0.05, 0.1) is 6.04 Å². The van der Waals surface area contributed by atoms with Gasteiger partial charge in [0.15, 0.2) is 5.96 Å². The molecule has 0 radical (unpaired) electrons. The second-order valence-electron chi connectivity index (χ2n) is 4.88. The van der Waals surface area contributed by atoms with Crippen molar-refractivity contribution in [2.75, 3.05) is 25.1 Å². The number of hydrogen-bond acceptors (Lipinski definition) is 2. The minimum Gasteiger partial charge on any atom is -0.357 e. The molecule has 126 valence electrons. The summed E-state index contributed by atoms with van der Waals surface area (Å²) >= 11 is 7.93. The highest BCUT2D eigenvalue weighted by Crippen LogP contribution is 2.17. The second kappa shape index (κ2) is 13.3. The Balaban J connectivity index is 0.00000441. The lowest BCUT2D eigenvalue weighted by Crippen LogP contribution is -2.38. The minimum absolute atomic E-state index is 0. The molecule has 1 rings (SSSR count). The number of unbranched alkanes of at least 4 members (excludes halogenated alkanes) is 1. The van der Waals surface area contributed by atoms with Crippen molar-refractivity contribution in [2.45, 2.75) is 32.7 Å². The summed E-state index contributed by atoms with van der Waals surface area (Å²) in [6, 6.07) is 8.10. The van der Waals surface area contributed by atoms with Gasteiger partial charge in [0.1, 0.15) is 0 Å². The van der Waals surface area contributed by atoms with Crippen LogP contribution in [-0.4, -0.2) is 31.1 Å². The van der Waals surface area contributed by atoms with Crippen LogP contribution in [0.1, 0.15) is 38.3 Å². The highest BCUT2D eigenvalue weighted by molar-refractivity contribution is 14.0. The van der Waals surface area contributed by atoms with Crippen molar-refractivity contribution in [3.63, 3.8) is 0 Å². The summed E-state index contributed by atoms with van der Waals surface area (Å²) in [5.41, 5.74) is 1.16. The summed E-state index contributed by atoms with van der Waals surface area (Å²) in [6.45, 7) is 5.91. The Hall–Kier alpha value is -0.140. The van der Waals surface area contributed by atoms with Crippen molar-refractivity contribution in [2.24, 2.45) is 4.99 Å². The van der Waals surface area contributed by atoms with Crippen LogP contribution in [0.4, 0.5) is 0 Å². The van der Waals surface area contributed by atoms with E-state index in [1.165, 1.54) is 12.2 Å². The number of guanidine groups is 1. The fourth-order valence-corrected chi connectivity index (χ4v) is 2.62. The summed E-state index contributed by atoms with van der Waals surface area (Å²) in [6.07, 6.45) is 4.48. The Labute approximate surface area is 161 Å². The van der Waals surface area contributed by atoms with Gasteiger partial charge in [-0.05, 0) is 56.4 Å². The number of nitrogens with zero attached hydrogens (tertiary/aromatic N) is 1. The van der Waals surface area contributed by atoms with Crippen molar-refractivity contribution >= 4 is 53.3 Å². The molecular weight excluding hydrogens is 429 g/mol. The zero-order valence-corrected chi connectivity index (χ0v) is 17.5. The lowest BCUT2D eigenvalue weighted by molar-refractivity contribution is 0.682. The Morgan fingerprint density at radius 2 is 2.14 bits per heavy atom. The van der Waals surface area contributed by atoms with Gasteiger partial charge in [0, 0.05) is 18.1 Å². The fourth-order valence-electron chi connectivity index (χ4n) is 1.93. The molecule has 0 fully saturated rings. The van der Waals surface area contributed by atoms with E-state index in [4.69, 9.17) is 11.6 Å². The number of thioether (sulfide) groups is 1. The molecule has 0 amide bonds. The minimum atomic E-state index is 0. The number of aliphatic imine (C=N–C) groups is 1. The molecular formula is C16H27ClIN3S. The molecule has 1 aromatic carbocycles. The monoisotopic (exact) mass is 455 g/mol. The average Bonchev–Trinajstić information content (AvgIpc) is 2.47. The molecule has 6 heteroatoms. The SMILES string of the molecule is CCNC(=NCCCCSC)NC(C)c1cccc(Cl)c1.I. The van der Waals surface area contributed by atoms with E-state index < -0.39 is 0 Å². The van der Waals surface area contributed by atoms with Gasteiger partial charge in [-0.15, -0.1) is 24.0 Å². The molecule has 0 aliphatic heterocycles. The second-order valence-corrected chi connectivity index (χ2v) is 6.30. The molecule has 1 unspecified atom stereocenters. The molecule has 0 saturated carbocycles. The summed E-state index contributed by atoms with van der Waals surface area (Å²) in [5, 5.41) is 7.48. The van der Waals surface area contributed by atoms with Crippen molar-refractivity contribution in [3.05, 3.63) is 34.9 Å². The number of nitrogens with one attached hydrogen (secondary N) is 2. The molecule has 0 heterocycles. The third-order valence-electron chi connectivity index (χ3n) is 3.07. The largest absolute Gasteiger partial charge is 0.357 e. The Morgan fingerprint density at radius 1 is 1.36 bits per heavy atom. The maximum absolute atomic E-state index is 6.04. The van der Waals surface area contributed by atoms with Crippen LogP contribution in [0.15, 0.2) is 29.3 Å². The van der Waals surface area contributed by atoms with Crippen LogP contribution in [0.2, 0.25) is 5.02 Å². The van der Waals surface area contributed by atoms with Gasteiger partial charge < -0.3 is 10.6 Å². The average molecular weight is 456 g/mol. The smallest absolute Gasteiger partial charge is 0.191 e. The summed E-state index contributed by atoms with van der Waals surface area (Å²) < 4.78 is 0. The molecule has 3 nitrogen and oxygen atoms in total. The third-order valence-corrected chi connectivity index (χ3v) is 4.00. The third kappa shape index (κ3) is 9.10. The summed E-state index contributed by atoms with van der Waals surface area (Å²) in [4.78, 5) is 4.63. The number of rotatable bonds is 8. The molecule has 1 atom stereocenters. The molecule has 0 aliphatic rings. The van der Waals surface area contributed by atoms with Crippen LogP contribution in [-0.2, 0) is 0 Å². The molecule has 0 aliphatic carbocycles. The van der Waals surface area contributed by atoms with Gasteiger partial charge >= 0.3 is 0 Å². The number of benzene rings is 1.